The Kier molecular flexibility index (Phi) is 3.54. The van der Waals surface area contributed by atoms with Gasteiger partial charge in [0.2, 0.25) is 0 Å². The van der Waals surface area contributed by atoms with E-state index in [1.165, 1.54) is 0 Å². The highest BCUT2D eigenvalue weighted by Crippen LogP contribution is 2.13. The zero-order valence-corrected chi connectivity index (χ0v) is 10.3. The van der Waals surface area contributed by atoms with Gasteiger partial charge < -0.3 is 5.73 Å². The predicted molar refractivity (Wildman–Crippen MR) is 68.0 cm³/mol. The minimum absolute atomic E-state index is 0.0226. The van der Waals surface area contributed by atoms with Crippen molar-refractivity contribution in [3.05, 3.63) is 42.1 Å². The molecule has 2 heterocycles. The van der Waals surface area contributed by atoms with Gasteiger partial charge >= 0.3 is 0 Å². The van der Waals surface area contributed by atoms with Crippen molar-refractivity contribution in [2.45, 2.75) is 32.7 Å². The zero-order chi connectivity index (χ0) is 12.3. The molecule has 2 aromatic rings. The lowest BCUT2D eigenvalue weighted by atomic mass is 10.1. The van der Waals surface area contributed by atoms with Gasteiger partial charge in [-0.2, -0.15) is 0 Å². The molecule has 2 aromatic heterocycles. The molecule has 0 aliphatic carbocycles. The van der Waals surface area contributed by atoms with E-state index in [4.69, 9.17) is 5.73 Å². The fraction of sp³-hybridized carbons (Fsp3) is 0.385. The average Bonchev–Trinajstić information content (AvgIpc) is 2.78. The monoisotopic (exact) mass is 230 g/mol. The van der Waals surface area contributed by atoms with Gasteiger partial charge in [-0.05, 0) is 25.0 Å². The average molecular weight is 230 g/mol. The fourth-order valence-corrected chi connectivity index (χ4v) is 1.76. The number of hydrogen-bond donors (Lipinski definition) is 1. The van der Waals surface area contributed by atoms with E-state index in [1.54, 1.807) is 0 Å². The highest BCUT2D eigenvalue weighted by Gasteiger charge is 2.06. The maximum Gasteiger partial charge on any atom is 0.137 e. The largest absolute Gasteiger partial charge is 0.324 e. The Balaban J connectivity index is 2.30. The first kappa shape index (κ1) is 11.8. The third kappa shape index (κ3) is 2.53. The molecule has 0 fully saturated rings. The second-order valence-corrected chi connectivity index (χ2v) is 4.20. The van der Waals surface area contributed by atoms with Gasteiger partial charge in [0.15, 0.2) is 0 Å². The van der Waals surface area contributed by atoms with Gasteiger partial charge in [-0.1, -0.05) is 13.0 Å². The molecule has 2 N–H and O–H groups in total. The highest BCUT2D eigenvalue weighted by molar-refractivity contribution is 5.28. The molecule has 90 valence electrons. The first-order valence-corrected chi connectivity index (χ1v) is 5.96. The van der Waals surface area contributed by atoms with E-state index in [-0.39, 0.29) is 6.04 Å². The fourth-order valence-electron chi connectivity index (χ4n) is 1.76. The molecule has 4 nitrogen and oxygen atoms in total. The highest BCUT2D eigenvalue weighted by atomic mass is 15.1. The number of rotatable bonds is 4. The van der Waals surface area contributed by atoms with Gasteiger partial charge in [0.25, 0.3) is 0 Å². The van der Waals surface area contributed by atoms with Gasteiger partial charge in [-0.3, -0.25) is 4.57 Å². The Bertz CT molecular complexity index is 470. The number of nitrogens with two attached hydrogens (primary N) is 1. The molecular weight excluding hydrogens is 212 g/mol. The maximum absolute atomic E-state index is 5.80. The molecule has 0 aromatic carbocycles. The molecule has 17 heavy (non-hydrogen) atoms. The normalized spacial score (nSPS) is 12.6. The quantitative estimate of drug-likeness (QED) is 0.876. The van der Waals surface area contributed by atoms with Crippen LogP contribution in [0.5, 0.6) is 0 Å². The topological polar surface area (TPSA) is 56.7 Å². The van der Waals surface area contributed by atoms with Crippen LogP contribution >= 0.6 is 0 Å². The van der Waals surface area contributed by atoms with Crippen LogP contribution in [0.25, 0.3) is 5.82 Å². The van der Waals surface area contributed by atoms with Crippen LogP contribution in [0.15, 0.2) is 30.7 Å². The summed E-state index contributed by atoms with van der Waals surface area (Å²) in [5, 5.41) is 0. The summed E-state index contributed by atoms with van der Waals surface area (Å²) in [5.41, 5.74) is 6.85. The molecule has 0 bridgehead atoms. The van der Waals surface area contributed by atoms with Crippen molar-refractivity contribution < 1.29 is 0 Å². The van der Waals surface area contributed by atoms with Crippen LogP contribution in [0.1, 0.15) is 37.7 Å². The van der Waals surface area contributed by atoms with Crippen molar-refractivity contribution in [3.8, 4) is 5.82 Å². The summed E-state index contributed by atoms with van der Waals surface area (Å²) in [6.07, 6.45) is 7.62. The van der Waals surface area contributed by atoms with E-state index in [2.05, 4.69) is 16.9 Å². The van der Waals surface area contributed by atoms with E-state index in [0.717, 1.165) is 30.0 Å². The number of aromatic nitrogens is 3. The summed E-state index contributed by atoms with van der Waals surface area (Å²) in [4.78, 5) is 8.77. The van der Waals surface area contributed by atoms with Crippen LogP contribution < -0.4 is 5.73 Å². The van der Waals surface area contributed by atoms with Gasteiger partial charge in [0.05, 0.1) is 0 Å². The Morgan fingerprint density at radius 2 is 2.18 bits per heavy atom. The Morgan fingerprint density at radius 1 is 1.35 bits per heavy atom. The molecule has 0 unspecified atom stereocenters. The first-order valence-electron chi connectivity index (χ1n) is 5.96. The van der Waals surface area contributed by atoms with E-state index < -0.39 is 0 Å². The smallest absolute Gasteiger partial charge is 0.137 e. The molecule has 2 rings (SSSR count). The standard InChI is InChI=1S/C13H18N4/c1-3-4-12-15-7-8-17(12)13-6-5-11(9-16-13)10(2)14/h5-10H,3-4,14H2,1-2H3/t10-/m1/s1. The van der Waals surface area contributed by atoms with Gasteiger partial charge in [-0.15, -0.1) is 0 Å². The third-order valence-corrected chi connectivity index (χ3v) is 2.73. The second kappa shape index (κ2) is 5.10. The van der Waals surface area contributed by atoms with Crippen LogP contribution in [0.2, 0.25) is 0 Å². The molecule has 0 radical (unpaired) electrons. The third-order valence-electron chi connectivity index (χ3n) is 2.73. The summed E-state index contributed by atoms with van der Waals surface area (Å²) in [6.45, 7) is 4.10. The molecule has 0 aliphatic rings. The van der Waals surface area contributed by atoms with Gasteiger partial charge in [-0.25, -0.2) is 9.97 Å². The lowest BCUT2D eigenvalue weighted by Crippen LogP contribution is -2.07. The van der Waals surface area contributed by atoms with Crippen molar-refractivity contribution in [1.29, 1.82) is 0 Å². The van der Waals surface area contributed by atoms with Crippen LogP contribution in [0.3, 0.4) is 0 Å². The molecule has 0 spiro atoms. The SMILES string of the molecule is CCCc1nccn1-c1ccc([C@@H](C)N)cn1. The zero-order valence-electron chi connectivity index (χ0n) is 10.3. The summed E-state index contributed by atoms with van der Waals surface area (Å²) in [6, 6.07) is 4.02. The minimum Gasteiger partial charge on any atom is -0.324 e. The van der Waals surface area contributed by atoms with E-state index in [1.807, 2.05) is 42.2 Å². The molecule has 0 amide bonds. The number of imidazole rings is 1. The Morgan fingerprint density at radius 3 is 2.76 bits per heavy atom. The maximum atomic E-state index is 5.80. The molecule has 1 atom stereocenters. The van der Waals surface area contributed by atoms with Crippen LogP contribution in [-0.2, 0) is 6.42 Å². The number of pyridine rings is 1. The number of hydrogen-bond acceptors (Lipinski definition) is 3. The molecule has 0 saturated carbocycles. The van der Waals surface area contributed by atoms with Crippen molar-refractivity contribution in [3.63, 3.8) is 0 Å². The molecule has 0 aliphatic heterocycles. The lowest BCUT2D eigenvalue weighted by Gasteiger charge is -2.08. The molecular formula is C13H18N4. The van der Waals surface area contributed by atoms with Crippen molar-refractivity contribution in [1.82, 2.24) is 14.5 Å². The summed E-state index contributed by atoms with van der Waals surface area (Å²) in [7, 11) is 0. The van der Waals surface area contributed by atoms with E-state index in [0.29, 0.717) is 0 Å². The lowest BCUT2D eigenvalue weighted by molar-refractivity contribution is 0.786. The Hall–Kier alpha value is -1.68. The van der Waals surface area contributed by atoms with E-state index >= 15 is 0 Å². The van der Waals surface area contributed by atoms with Crippen molar-refractivity contribution >= 4 is 0 Å². The van der Waals surface area contributed by atoms with Crippen LogP contribution in [-0.4, -0.2) is 14.5 Å². The Labute approximate surface area is 102 Å². The van der Waals surface area contributed by atoms with Crippen molar-refractivity contribution in [2.75, 3.05) is 0 Å². The number of aryl methyl sites for hydroxylation is 1. The minimum atomic E-state index is 0.0226. The molecule has 4 heteroatoms. The van der Waals surface area contributed by atoms with Crippen molar-refractivity contribution in [2.24, 2.45) is 5.73 Å². The summed E-state index contributed by atoms with van der Waals surface area (Å²) in [5.74, 6) is 1.95. The van der Waals surface area contributed by atoms with Crippen LogP contribution in [0.4, 0.5) is 0 Å². The number of nitrogens with zero attached hydrogens (tertiary/aromatic N) is 3. The summed E-state index contributed by atoms with van der Waals surface area (Å²) >= 11 is 0. The first-order chi connectivity index (χ1) is 8.22. The molecule has 0 saturated heterocycles. The summed E-state index contributed by atoms with van der Waals surface area (Å²) < 4.78 is 2.02. The van der Waals surface area contributed by atoms with E-state index in [9.17, 15) is 0 Å². The predicted octanol–water partition coefficient (Wildman–Crippen LogP) is 2.24. The van der Waals surface area contributed by atoms with Crippen LogP contribution in [0, 0.1) is 0 Å². The second-order valence-electron chi connectivity index (χ2n) is 4.20. The van der Waals surface area contributed by atoms with Gasteiger partial charge in [0.1, 0.15) is 11.6 Å². The van der Waals surface area contributed by atoms with Gasteiger partial charge in [0, 0.05) is 31.1 Å².